The van der Waals surface area contributed by atoms with Crippen LogP contribution < -0.4 is 0 Å². The molecule has 0 fully saturated rings. The third kappa shape index (κ3) is 2.47. The highest BCUT2D eigenvalue weighted by Gasteiger charge is 2.43. The summed E-state index contributed by atoms with van der Waals surface area (Å²) in [7, 11) is 0. The van der Waals surface area contributed by atoms with Crippen molar-refractivity contribution >= 4 is 11.4 Å². The number of carbonyl (C=O) groups is 1. The number of phenolic OH excluding ortho intramolecular Hbond substituents is 1. The number of hydrogen-bond donors (Lipinski definition) is 4. The number of ether oxygens (including phenoxy) is 1. The number of rotatable bonds is 2. The molecule has 6 nitrogen and oxygen atoms in total. The number of carbonyl (C=O) groups excluding carboxylic acids is 1. The molecule has 0 saturated carbocycles. The van der Waals surface area contributed by atoms with E-state index in [1.807, 2.05) is 0 Å². The SMILES string of the molecule is CC(O)C1=CC2OC=C(c3ccc(O)cc3)C(=O)C2C(O)=C1O. The van der Waals surface area contributed by atoms with Gasteiger partial charge < -0.3 is 25.2 Å². The van der Waals surface area contributed by atoms with Gasteiger partial charge in [0.15, 0.2) is 11.5 Å². The maximum absolute atomic E-state index is 12.7. The van der Waals surface area contributed by atoms with E-state index in [-0.39, 0.29) is 16.9 Å². The Labute approximate surface area is 132 Å². The predicted octanol–water partition coefficient (Wildman–Crippen LogP) is 1.97. The third-order valence-electron chi connectivity index (χ3n) is 4.00. The van der Waals surface area contributed by atoms with E-state index in [1.165, 1.54) is 31.4 Å². The van der Waals surface area contributed by atoms with Crippen LogP contribution >= 0.6 is 0 Å². The molecule has 0 bridgehead atoms. The summed E-state index contributed by atoms with van der Waals surface area (Å²) in [4.78, 5) is 12.7. The van der Waals surface area contributed by atoms with E-state index in [2.05, 4.69) is 0 Å². The number of aliphatic hydroxyl groups excluding tert-OH is 3. The standard InChI is InChI=1S/C17H16O6/c1-8(18)11-6-13-14(17(22)16(11)21)15(20)12(7-23-13)9-2-4-10(19)5-3-9/h2-8,13-14,18-19,21-22H,1H3. The largest absolute Gasteiger partial charge is 0.508 e. The van der Waals surface area contributed by atoms with Gasteiger partial charge in [-0.15, -0.1) is 0 Å². The monoisotopic (exact) mass is 316 g/mol. The van der Waals surface area contributed by atoms with Gasteiger partial charge in [-0.25, -0.2) is 0 Å². The van der Waals surface area contributed by atoms with Crippen LogP contribution in [-0.2, 0) is 9.53 Å². The molecule has 3 rings (SSSR count). The van der Waals surface area contributed by atoms with Gasteiger partial charge in [0.1, 0.15) is 23.5 Å². The average molecular weight is 316 g/mol. The molecule has 0 radical (unpaired) electrons. The lowest BCUT2D eigenvalue weighted by Crippen LogP contribution is -2.38. The average Bonchev–Trinajstić information content (AvgIpc) is 2.51. The van der Waals surface area contributed by atoms with E-state index < -0.39 is 35.4 Å². The molecule has 0 amide bonds. The second-order valence-electron chi connectivity index (χ2n) is 5.55. The van der Waals surface area contributed by atoms with Crippen molar-refractivity contribution < 1.29 is 30.0 Å². The molecule has 1 aliphatic carbocycles. The summed E-state index contributed by atoms with van der Waals surface area (Å²) < 4.78 is 5.51. The third-order valence-corrected chi connectivity index (χ3v) is 4.00. The van der Waals surface area contributed by atoms with E-state index in [9.17, 15) is 25.2 Å². The number of benzene rings is 1. The Hall–Kier alpha value is -2.73. The van der Waals surface area contributed by atoms with Crippen LogP contribution in [-0.4, -0.2) is 38.4 Å². The molecule has 6 heteroatoms. The fourth-order valence-corrected chi connectivity index (χ4v) is 2.75. The van der Waals surface area contributed by atoms with E-state index in [4.69, 9.17) is 4.74 Å². The Balaban J connectivity index is 2.01. The Morgan fingerprint density at radius 2 is 1.78 bits per heavy atom. The van der Waals surface area contributed by atoms with Gasteiger partial charge >= 0.3 is 0 Å². The summed E-state index contributed by atoms with van der Waals surface area (Å²) in [5, 5.41) is 39.1. The lowest BCUT2D eigenvalue weighted by Gasteiger charge is -2.32. The molecule has 23 heavy (non-hydrogen) atoms. The Bertz CT molecular complexity index is 739. The van der Waals surface area contributed by atoms with Crippen LogP contribution in [0.2, 0.25) is 0 Å². The number of aromatic hydroxyl groups is 1. The molecule has 120 valence electrons. The summed E-state index contributed by atoms with van der Waals surface area (Å²) in [5.41, 5.74) is 0.890. The fraction of sp³-hybridized carbons (Fsp3) is 0.235. The molecule has 1 aliphatic heterocycles. The van der Waals surface area contributed by atoms with Crippen molar-refractivity contribution in [1.82, 2.24) is 0 Å². The summed E-state index contributed by atoms with van der Waals surface area (Å²) in [6.45, 7) is 1.44. The van der Waals surface area contributed by atoms with Crippen LogP contribution in [0.5, 0.6) is 5.75 Å². The van der Waals surface area contributed by atoms with E-state index in [0.717, 1.165) is 0 Å². The summed E-state index contributed by atoms with van der Waals surface area (Å²) in [5.74, 6) is -2.41. The zero-order valence-corrected chi connectivity index (χ0v) is 12.3. The first-order valence-electron chi connectivity index (χ1n) is 7.11. The van der Waals surface area contributed by atoms with Crippen molar-refractivity contribution in [3.05, 3.63) is 59.3 Å². The van der Waals surface area contributed by atoms with Gasteiger partial charge in [-0.1, -0.05) is 12.1 Å². The zero-order valence-electron chi connectivity index (χ0n) is 12.3. The van der Waals surface area contributed by atoms with Crippen molar-refractivity contribution in [3.63, 3.8) is 0 Å². The Morgan fingerprint density at radius 1 is 1.13 bits per heavy atom. The predicted molar refractivity (Wildman–Crippen MR) is 81.5 cm³/mol. The molecule has 3 atom stereocenters. The maximum Gasteiger partial charge on any atom is 0.181 e. The molecule has 2 aliphatic rings. The van der Waals surface area contributed by atoms with Crippen molar-refractivity contribution in [2.24, 2.45) is 5.92 Å². The lowest BCUT2D eigenvalue weighted by molar-refractivity contribution is -0.121. The lowest BCUT2D eigenvalue weighted by atomic mass is 9.81. The number of aliphatic hydroxyl groups is 3. The minimum atomic E-state index is -1.06. The minimum absolute atomic E-state index is 0.0685. The van der Waals surface area contributed by atoms with Gasteiger partial charge in [0, 0.05) is 5.57 Å². The second-order valence-corrected chi connectivity index (χ2v) is 5.55. The number of phenols is 1. The highest BCUT2D eigenvalue weighted by molar-refractivity contribution is 6.23. The van der Waals surface area contributed by atoms with Gasteiger partial charge in [-0.3, -0.25) is 4.79 Å². The van der Waals surface area contributed by atoms with Crippen LogP contribution in [0, 0.1) is 5.92 Å². The van der Waals surface area contributed by atoms with Crippen LogP contribution in [0.3, 0.4) is 0 Å². The van der Waals surface area contributed by atoms with Crippen LogP contribution in [0.25, 0.3) is 5.57 Å². The van der Waals surface area contributed by atoms with Crippen molar-refractivity contribution in [3.8, 4) is 5.75 Å². The first-order chi connectivity index (χ1) is 10.9. The van der Waals surface area contributed by atoms with Gasteiger partial charge in [0.05, 0.1) is 17.9 Å². The van der Waals surface area contributed by atoms with Crippen LogP contribution in [0.4, 0.5) is 0 Å². The fourth-order valence-electron chi connectivity index (χ4n) is 2.75. The van der Waals surface area contributed by atoms with Gasteiger partial charge in [-0.05, 0) is 30.7 Å². The second kappa shape index (κ2) is 5.48. The first-order valence-corrected chi connectivity index (χ1v) is 7.11. The number of fused-ring (bicyclic) bond motifs is 1. The van der Waals surface area contributed by atoms with Gasteiger partial charge in [0.25, 0.3) is 0 Å². The van der Waals surface area contributed by atoms with Crippen molar-refractivity contribution in [2.45, 2.75) is 19.1 Å². The smallest absolute Gasteiger partial charge is 0.181 e. The van der Waals surface area contributed by atoms with Crippen molar-refractivity contribution in [1.29, 1.82) is 0 Å². The van der Waals surface area contributed by atoms with Crippen LogP contribution in [0.1, 0.15) is 12.5 Å². The summed E-state index contributed by atoms with van der Waals surface area (Å²) in [6, 6.07) is 6.00. The van der Waals surface area contributed by atoms with E-state index in [0.29, 0.717) is 5.56 Å². The molecule has 1 aromatic carbocycles. The normalized spacial score (nSPS) is 25.2. The molecule has 1 aromatic rings. The Kier molecular flexibility index (Phi) is 3.61. The molecular formula is C17H16O6. The molecule has 0 saturated heterocycles. The van der Waals surface area contributed by atoms with Crippen molar-refractivity contribution in [2.75, 3.05) is 0 Å². The molecule has 0 aromatic heterocycles. The van der Waals surface area contributed by atoms with Crippen LogP contribution in [0.15, 0.2) is 53.7 Å². The minimum Gasteiger partial charge on any atom is -0.508 e. The summed E-state index contributed by atoms with van der Waals surface area (Å²) >= 11 is 0. The number of hydrogen-bond acceptors (Lipinski definition) is 6. The number of allylic oxidation sites excluding steroid dienone is 1. The molecule has 4 N–H and O–H groups in total. The van der Waals surface area contributed by atoms with E-state index >= 15 is 0 Å². The highest BCUT2D eigenvalue weighted by Crippen LogP contribution is 2.38. The Morgan fingerprint density at radius 3 is 2.39 bits per heavy atom. The molecular weight excluding hydrogens is 300 g/mol. The van der Waals surface area contributed by atoms with Gasteiger partial charge in [0.2, 0.25) is 0 Å². The first kappa shape index (κ1) is 15.2. The summed E-state index contributed by atoms with van der Waals surface area (Å²) in [6.07, 6.45) is 0.941. The van der Waals surface area contributed by atoms with E-state index in [1.54, 1.807) is 12.1 Å². The zero-order chi connectivity index (χ0) is 16.7. The molecule has 0 spiro atoms. The highest BCUT2D eigenvalue weighted by atomic mass is 16.5. The maximum atomic E-state index is 12.7. The molecule has 3 unspecified atom stereocenters. The number of Topliss-reactive ketones (excluding diaryl/α,β-unsaturated/α-hetero) is 1. The molecule has 1 heterocycles. The topological polar surface area (TPSA) is 107 Å². The number of ketones is 1. The quantitative estimate of drug-likeness (QED) is 0.664. The van der Waals surface area contributed by atoms with Gasteiger partial charge in [-0.2, -0.15) is 0 Å².